The lowest BCUT2D eigenvalue weighted by Crippen LogP contribution is -2.07. The highest BCUT2D eigenvalue weighted by molar-refractivity contribution is 6.34. The number of pyridine rings is 1. The van der Waals surface area contributed by atoms with Crippen LogP contribution >= 0.6 is 23.2 Å². The third-order valence-corrected chi connectivity index (χ3v) is 3.29. The summed E-state index contributed by atoms with van der Waals surface area (Å²) in [6.45, 7) is 0. The van der Waals surface area contributed by atoms with E-state index >= 15 is 0 Å². The van der Waals surface area contributed by atoms with Crippen molar-refractivity contribution in [3.05, 3.63) is 63.9 Å². The highest BCUT2D eigenvalue weighted by Gasteiger charge is 2.11. The second-order valence-electron chi connectivity index (χ2n) is 3.84. The summed E-state index contributed by atoms with van der Waals surface area (Å²) in [4.78, 5) is 8.95. The molecule has 0 aliphatic carbocycles. The Balaban J connectivity index is 2.36. The van der Waals surface area contributed by atoms with Gasteiger partial charge in [0.05, 0.1) is 5.71 Å². The predicted octanol–water partition coefficient (Wildman–Crippen LogP) is 3.98. The van der Waals surface area contributed by atoms with Gasteiger partial charge in [-0.15, -0.1) is 0 Å². The zero-order chi connectivity index (χ0) is 13.7. The average molecular weight is 295 g/mol. The van der Waals surface area contributed by atoms with Gasteiger partial charge in [0, 0.05) is 34.4 Å². The van der Waals surface area contributed by atoms with Crippen molar-refractivity contribution >= 4 is 28.9 Å². The molecule has 5 heteroatoms. The summed E-state index contributed by atoms with van der Waals surface area (Å²) in [5, 5.41) is 5.31. The topological polar surface area (TPSA) is 34.5 Å². The van der Waals surface area contributed by atoms with Crippen LogP contribution in [0, 0.1) is 0 Å². The molecule has 1 heterocycles. The maximum absolute atomic E-state index is 6.18. The van der Waals surface area contributed by atoms with Crippen LogP contribution in [0.2, 0.25) is 10.0 Å². The number of nitrogens with zero attached hydrogens (tertiary/aromatic N) is 2. The van der Waals surface area contributed by atoms with Gasteiger partial charge >= 0.3 is 0 Å². The van der Waals surface area contributed by atoms with Crippen LogP contribution in [-0.2, 0) is 11.3 Å². The Hall–Kier alpha value is -1.58. The van der Waals surface area contributed by atoms with Crippen LogP contribution in [-0.4, -0.2) is 17.8 Å². The van der Waals surface area contributed by atoms with Crippen LogP contribution < -0.4 is 0 Å². The molecule has 0 aliphatic rings. The average Bonchev–Trinajstić information content (AvgIpc) is 2.41. The van der Waals surface area contributed by atoms with Crippen molar-refractivity contribution in [2.24, 2.45) is 5.16 Å². The Morgan fingerprint density at radius 2 is 2.00 bits per heavy atom. The van der Waals surface area contributed by atoms with Crippen LogP contribution in [0.1, 0.15) is 11.1 Å². The van der Waals surface area contributed by atoms with E-state index in [4.69, 9.17) is 28.0 Å². The second-order valence-corrected chi connectivity index (χ2v) is 4.66. The number of hydrogen-bond acceptors (Lipinski definition) is 3. The number of halogens is 2. The van der Waals surface area contributed by atoms with Gasteiger partial charge in [-0.1, -0.05) is 46.6 Å². The Morgan fingerprint density at radius 1 is 1.21 bits per heavy atom. The molecule has 0 atom stereocenters. The largest absolute Gasteiger partial charge is 0.399 e. The monoisotopic (exact) mass is 294 g/mol. The van der Waals surface area contributed by atoms with Crippen molar-refractivity contribution in [1.82, 2.24) is 4.98 Å². The molecule has 3 nitrogen and oxygen atoms in total. The quantitative estimate of drug-likeness (QED) is 0.631. The van der Waals surface area contributed by atoms with E-state index in [-0.39, 0.29) is 0 Å². The van der Waals surface area contributed by atoms with Crippen LogP contribution in [0.5, 0.6) is 0 Å². The van der Waals surface area contributed by atoms with Crippen LogP contribution in [0.3, 0.4) is 0 Å². The Morgan fingerprint density at radius 3 is 2.68 bits per heavy atom. The minimum Gasteiger partial charge on any atom is -0.399 e. The summed E-state index contributed by atoms with van der Waals surface area (Å²) in [5.74, 6) is 0. The molecule has 0 spiro atoms. The van der Waals surface area contributed by atoms with Gasteiger partial charge in [-0.2, -0.15) is 0 Å². The smallest absolute Gasteiger partial charge is 0.106 e. The molecule has 0 saturated heterocycles. The van der Waals surface area contributed by atoms with Gasteiger partial charge in [0.25, 0.3) is 0 Å². The molecule has 0 radical (unpaired) electrons. The zero-order valence-electron chi connectivity index (χ0n) is 10.3. The number of hydrogen-bond donors (Lipinski definition) is 0. The van der Waals surface area contributed by atoms with Gasteiger partial charge in [0.15, 0.2) is 0 Å². The Bertz CT molecular complexity index is 600. The summed E-state index contributed by atoms with van der Waals surface area (Å²) >= 11 is 12.3. The van der Waals surface area contributed by atoms with Gasteiger partial charge in [0.2, 0.25) is 0 Å². The Labute approximate surface area is 121 Å². The third-order valence-electron chi connectivity index (χ3n) is 2.59. The van der Waals surface area contributed by atoms with Crippen molar-refractivity contribution in [2.75, 3.05) is 7.11 Å². The molecule has 0 saturated carbocycles. The SMILES string of the molecule is CON=C(Cc1cnccc1Cl)c1ccccc1Cl. The van der Waals surface area contributed by atoms with E-state index in [0.29, 0.717) is 22.2 Å². The lowest BCUT2D eigenvalue weighted by Gasteiger charge is -2.08. The number of rotatable bonds is 4. The molecule has 0 fully saturated rings. The highest BCUT2D eigenvalue weighted by atomic mass is 35.5. The second kappa shape index (κ2) is 6.55. The summed E-state index contributed by atoms with van der Waals surface area (Å²) < 4.78 is 0. The summed E-state index contributed by atoms with van der Waals surface area (Å²) in [6, 6.07) is 9.22. The molecule has 0 aliphatic heterocycles. The van der Waals surface area contributed by atoms with Gasteiger partial charge < -0.3 is 4.84 Å². The van der Waals surface area contributed by atoms with Crippen molar-refractivity contribution in [3.63, 3.8) is 0 Å². The molecule has 2 rings (SSSR count). The molecule has 0 bridgehead atoms. The third kappa shape index (κ3) is 3.46. The van der Waals surface area contributed by atoms with Crippen molar-refractivity contribution in [3.8, 4) is 0 Å². The molecule has 2 aromatic rings. The molecule has 19 heavy (non-hydrogen) atoms. The van der Waals surface area contributed by atoms with Gasteiger partial charge in [0.1, 0.15) is 7.11 Å². The van der Waals surface area contributed by atoms with Crippen molar-refractivity contribution < 1.29 is 4.84 Å². The van der Waals surface area contributed by atoms with Gasteiger partial charge in [-0.3, -0.25) is 4.98 Å². The molecule has 1 aromatic carbocycles. The van der Waals surface area contributed by atoms with Crippen LogP contribution in [0.4, 0.5) is 0 Å². The first-order chi connectivity index (χ1) is 9.22. The van der Waals surface area contributed by atoms with E-state index in [9.17, 15) is 0 Å². The van der Waals surface area contributed by atoms with Crippen molar-refractivity contribution in [1.29, 1.82) is 0 Å². The maximum atomic E-state index is 6.18. The van der Waals surface area contributed by atoms with E-state index in [1.54, 1.807) is 18.5 Å². The molecule has 0 N–H and O–H groups in total. The number of aromatic nitrogens is 1. The summed E-state index contributed by atoms with van der Waals surface area (Å²) in [7, 11) is 1.50. The summed E-state index contributed by atoms with van der Waals surface area (Å²) in [5.41, 5.74) is 2.41. The molecular weight excluding hydrogens is 283 g/mol. The molecule has 0 unspecified atom stereocenters. The maximum Gasteiger partial charge on any atom is 0.106 e. The van der Waals surface area contributed by atoms with Crippen LogP contribution in [0.25, 0.3) is 0 Å². The van der Waals surface area contributed by atoms with Crippen LogP contribution in [0.15, 0.2) is 47.9 Å². The summed E-state index contributed by atoms with van der Waals surface area (Å²) in [6.07, 6.45) is 3.86. The van der Waals surface area contributed by atoms with E-state index in [1.807, 2.05) is 24.3 Å². The fourth-order valence-corrected chi connectivity index (χ4v) is 2.12. The first kappa shape index (κ1) is 13.8. The number of benzene rings is 1. The van der Waals surface area contributed by atoms with Crippen molar-refractivity contribution in [2.45, 2.75) is 6.42 Å². The van der Waals surface area contributed by atoms with Gasteiger partial charge in [-0.25, -0.2) is 0 Å². The van der Waals surface area contributed by atoms with Gasteiger partial charge in [-0.05, 0) is 17.7 Å². The fourth-order valence-electron chi connectivity index (χ4n) is 1.70. The van der Waals surface area contributed by atoms with E-state index < -0.39 is 0 Å². The fraction of sp³-hybridized carbons (Fsp3) is 0.143. The minimum absolute atomic E-state index is 0.504. The molecular formula is C14H12Cl2N2O. The van der Waals surface area contributed by atoms with E-state index in [0.717, 1.165) is 11.1 Å². The predicted molar refractivity (Wildman–Crippen MR) is 77.9 cm³/mol. The molecule has 1 aromatic heterocycles. The highest BCUT2D eigenvalue weighted by Crippen LogP contribution is 2.21. The Kier molecular flexibility index (Phi) is 4.77. The normalized spacial score (nSPS) is 11.4. The lowest BCUT2D eigenvalue weighted by molar-refractivity contribution is 0.213. The molecule has 98 valence electrons. The first-order valence-electron chi connectivity index (χ1n) is 5.65. The standard InChI is InChI=1S/C14H12Cl2N2O/c1-19-18-14(11-4-2-3-5-13(11)16)8-10-9-17-7-6-12(10)15/h2-7,9H,8H2,1H3. The van der Waals surface area contributed by atoms with E-state index in [1.165, 1.54) is 7.11 Å². The number of oxime groups is 1. The lowest BCUT2D eigenvalue weighted by atomic mass is 10.0. The molecule has 0 amide bonds. The zero-order valence-corrected chi connectivity index (χ0v) is 11.8. The first-order valence-corrected chi connectivity index (χ1v) is 6.41. The minimum atomic E-state index is 0.504. The van der Waals surface area contributed by atoms with E-state index in [2.05, 4.69) is 10.1 Å².